The number of halogens is 1. The summed E-state index contributed by atoms with van der Waals surface area (Å²) in [6.45, 7) is 4.87. The average molecular weight is 376 g/mol. The van der Waals surface area contributed by atoms with Gasteiger partial charge in [0.2, 0.25) is 0 Å². The van der Waals surface area contributed by atoms with Gasteiger partial charge in [-0.25, -0.2) is 0 Å². The number of benzene rings is 1. The van der Waals surface area contributed by atoms with Gasteiger partial charge in [0.1, 0.15) is 6.10 Å². The number of piperazine rings is 1. The number of esters is 1. The number of cyclic esters (lactones) is 1. The second-order valence-electron chi connectivity index (χ2n) is 8.26. The van der Waals surface area contributed by atoms with Crippen molar-refractivity contribution in [2.24, 2.45) is 5.41 Å². The van der Waals surface area contributed by atoms with Crippen LogP contribution in [0.15, 0.2) is 24.3 Å². The van der Waals surface area contributed by atoms with Crippen molar-refractivity contribution >= 4 is 11.7 Å². The number of hydrogen-bond acceptors (Lipinski definition) is 5. The minimum Gasteiger partial charge on any atom is -0.462 e. The lowest BCUT2D eigenvalue weighted by molar-refractivity contribution is -0.150. The van der Waals surface area contributed by atoms with Gasteiger partial charge in [0.15, 0.2) is 5.75 Å². The largest absolute Gasteiger partial charge is 0.462 e. The lowest BCUT2D eigenvalue weighted by atomic mass is 9.72. The Kier molecular flexibility index (Phi) is 5.53. The van der Waals surface area contributed by atoms with Crippen molar-refractivity contribution in [3.05, 3.63) is 24.3 Å². The Hall–Kier alpha value is -1.82. The van der Waals surface area contributed by atoms with E-state index in [2.05, 4.69) is 14.7 Å². The summed E-state index contributed by atoms with van der Waals surface area (Å²) in [5.41, 5.74) is 0.941. The third kappa shape index (κ3) is 4.05. The first kappa shape index (κ1) is 18.5. The molecule has 3 aliphatic rings. The van der Waals surface area contributed by atoms with Crippen molar-refractivity contribution in [3.8, 4) is 5.75 Å². The van der Waals surface area contributed by atoms with Crippen molar-refractivity contribution < 1.29 is 19.0 Å². The highest BCUT2D eigenvalue weighted by atomic mass is 19.3. The molecule has 0 amide bonds. The molecule has 1 atom stereocenters. The monoisotopic (exact) mass is 376 g/mol. The van der Waals surface area contributed by atoms with Crippen LogP contribution in [0.3, 0.4) is 0 Å². The molecule has 0 bridgehead atoms. The molecule has 1 unspecified atom stereocenters. The van der Waals surface area contributed by atoms with Crippen LogP contribution < -0.4 is 9.84 Å². The number of anilines is 1. The summed E-state index contributed by atoms with van der Waals surface area (Å²) in [5.74, 6) is 0.303. The van der Waals surface area contributed by atoms with Crippen LogP contribution in [0, 0.1) is 5.41 Å². The van der Waals surface area contributed by atoms with Gasteiger partial charge in [-0.3, -0.25) is 14.6 Å². The minimum absolute atomic E-state index is 0.0673. The van der Waals surface area contributed by atoms with Crippen molar-refractivity contribution in [2.75, 3.05) is 37.6 Å². The smallest absolute Gasteiger partial charge is 0.312 e. The molecule has 27 heavy (non-hydrogen) atoms. The number of carbonyl (C=O) groups is 1. The van der Waals surface area contributed by atoms with E-state index in [4.69, 9.17) is 4.74 Å². The van der Waals surface area contributed by atoms with E-state index in [1.165, 1.54) is 19.3 Å². The topological polar surface area (TPSA) is 42.0 Å². The normalized spacial score (nSPS) is 25.6. The molecule has 148 valence electrons. The molecule has 0 N–H and O–H groups in total. The lowest BCUT2D eigenvalue weighted by Gasteiger charge is -2.36. The Morgan fingerprint density at radius 3 is 2.44 bits per heavy atom. The van der Waals surface area contributed by atoms with Gasteiger partial charge in [0.05, 0.1) is 5.41 Å². The van der Waals surface area contributed by atoms with E-state index >= 15 is 0 Å². The van der Waals surface area contributed by atoms with Gasteiger partial charge < -0.3 is 9.64 Å². The van der Waals surface area contributed by atoms with E-state index in [1.807, 2.05) is 12.1 Å². The first-order valence-electron chi connectivity index (χ1n) is 10.3. The quantitative estimate of drug-likeness (QED) is 0.733. The van der Waals surface area contributed by atoms with Crippen LogP contribution in [0.1, 0.15) is 44.9 Å². The molecule has 2 aliphatic heterocycles. The van der Waals surface area contributed by atoms with Crippen LogP contribution in [-0.4, -0.2) is 49.7 Å². The molecule has 5 nitrogen and oxygen atoms in total. The molecule has 2 saturated heterocycles. The van der Waals surface area contributed by atoms with E-state index in [-0.39, 0.29) is 23.2 Å². The van der Waals surface area contributed by atoms with Crippen molar-refractivity contribution in [3.63, 3.8) is 0 Å². The summed E-state index contributed by atoms with van der Waals surface area (Å²) in [5, 5.41) is 0. The van der Waals surface area contributed by atoms with Crippen molar-refractivity contribution in [1.82, 2.24) is 4.90 Å². The molecule has 1 saturated carbocycles. The van der Waals surface area contributed by atoms with Crippen LogP contribution in [-0.2, 0) is 9.53 Å². The Morgan fingerprint density at radius 1 is 1.07 bits per heavy atom. The molecule has 4 rings (SSSR count). The van der Waals surface area contributed by atoms with Crippen LogP contribution >= 0.6 is 0 Å². The molecule has 3 fully saturated rings. The van der Waals surface area contributed by atoms with Crippen LogP contribution in [0.4, 0.5) is 10.2 Å². The van der Waals surface area contributed by atoms with Crippen molar-refractivity contribution in [1.29, 1.82) is 0 Å². The van der Waals surface area contributed by atoms with Gasteiger partial charge in [-0.15, -0.1) is 0 Å². The van der Waals surface area contributed by atoms with Gasteiger partial charge in [0.25, 0.3) is 0 Å². The number of carbonyl (C=O) groups excluding carboxylic acids is 1. The SMILES string of the molecule is O=C1OC(CCN2CCN(c3ccc(OF)cc3)CC2)CC12CCCCC2. The van der Waals surface area contributed by atoms with E-state index in [9.17, 15) is 9.32 Å². The van der Waals surface area contributed by atoms with Gasteiger partial charge in [-0.2, -0.15) is 0 Å². The van der Waals surface area contributed by atoms with E-state index in [0.29, 0.717) is 0 Å². The fourth-order valence-electron chi connectivity index (χ4n) is 4.90. The van der Waals surface area contributed by atoms with Gasteiger partial charge in [0, 0.05) is 49.4 Å². The molecule has 2 heterocycles. The second-order valence-corrected chi connectivity index (χ2v) is 8.26. The maximum absolute atomic E-state index is 12.4. The van der Waals surface area contributed by atoms with Crippen LogP contribution in [0.2, 0.25) is 0 Å². The zero-order valence-electron chi connectivity index (χ0n) is 15.9. The summed E-state index contributed by atoms with van der Waals surface area (Å²) >= 11 is 0. The minimum atomic E-state index is -0.156. The van der Waals surface area contributed by atoms with Crippen LogP contribution in [0.5, 0.6) is 5.75 Å². The van der Waals surface area contributed by atoms with E-state index in [1.54, 1.807) is 12.1 Å². The van der Waals surface area contributed by atoms with Gasteiger partial charge in [-0.05, 0) is 43.5 Å². The summed E-state index contributed by atoms with van der Waals surface area (Å²) in [6.07, 6.45) is 7.60. The zero-order chi connectivity index (χ0) is 18.7. The standard InChI is InChI=1S/C21H29FN2O3/c22-27-18-6-4-17(5-7-18)24-14-12-23(13-15-24)11-8-19-16-21(20(25)26-19)9-2-1-3-10-21/h4-7,19H,1-3,8-16H2. The molecule has 0 aromatic heterocycles. The van der Waals surface area contributed by atoms with Crippen LogP contribution in [0.25, 0.3) is 0 Å². The Labute approximate surface area is 160 Å². The van der Waals surface area contributed by atoms with E-state index in [0.717, 1.165) is 64.1 Å². The fraction of sp³-hybridized carbons (Fsp3) is 0.667. The molecule has 1 aliphatic carbocycles. The molecule has 6 heteroatoms. The summed E-state index contributed by atoms with van der Waals surface area (Å²) in [4.78, 5) is 20.9. The summed E-state index contributed by atoms with van der Waals surface area (Å²) in [7, 11) is 0. The Bertz CT molecular complexity index is 637. The predicted octanol–water partition coefficient (Wildman–Crippen LogP) is 3.73. The summed E-state index contributed by atoms with van der Waals surface area (Å²) in [6, 6.07) is 7.09. The van der Waals surface area contributed by atoms with Gasteiger partial charge in [-0.1, -0.05) is 19.3 Å². The maximum atomic E-state index is 12.4. The molecule has 1 spiro atoms. The Morgan fingerprint density at radius 2 is 1.78 bits per heavy atom. The molecule has 1 aromatic rings. The zero-order valence-corrected chi connectivity index (χ0v) is 15.9. The number of rotatable bonds is 5. The van der Waals surface area contributed by atoms with Gasteiger partial charge >= 0.3 is 5.97 Å². The highest BCUT2D eigenvalue weighted by molar-refractivity contribution is 5.79. The average Bonchev–Trinajstić information content (AvgIpc) is 3.02. The highest BCUT2D eigenvalue weighted by Gasteiger charge is 2.48. The highest BCUT2D eigenvalue weighted by Crippen LogP contribution is 2.46. The third-order valence-electron chi connectivity index (χ3n) is 6.57. The van der Waals surface area contributed by atoms with Crippen molar-refractivity contribution in [2.45, 2.75) is 51.0 Å². The lowest BCUT2D eigenvalue weighted by Crippen LogP contribution is -2.47. The molecule has 1 aromatic carbocycles. The fourth-order valence-corrected chi connectivity index (χ4v) is 4.90. The number of ether oxygens (including phenoxy) is 1. The first-order valence-corrected chi connectivity index (χ1v) is 10.3. The first-order chi connectivity index (χ1) is 13.2. The molecule has 0 radical (unpaired) electrons. The maximum Gasteiger partial charge on any atom is 0.312 e. The summed E-state index contributed by atoms with van der Waals surface area (Å²) < 4.78 is 17.9. The third-order valence-corrected chi connectivity index (χ3v) is 6.57. The predicted molar refractivity (Wildman–Crippen MR) is 101 cm³/mol. The number of nitrogens with zero attached hydrogens (tertiary/aromatic N) is 2. The number of hydrogen-bond donors (Lipinski definition) is 0. The molecular formula is C21H29FN2O3. The Balaban J connectivity index is 1.22. The molecular weight excluding hydrogens is 347 g/mol. The second kappa shape index (κ2) is 8.05. The van der Waals surface area contributed by atoms with E-state index < -0.39 is 0 Å².